The zero-order chi connectivity index (χ0) is 73.0. The standard InChI is InChI=1S/3C11H15NO3.C11H12O3.C9H11NO3.C9H8O3.C7H6O.C3H5ClO2.ClH.2Na/c3*1-2-15-11(14)10(13)9(12)8-6-4-3-5-7-8;1-2-13-11(12)10-9(14-10)8-6-4-3-5-7-8;10-7(8(11)9(12)13)6-4-2-1-3-5-6;10-9(11)8-7(12-8)6-4-2-1-3-5-6;8-6-7-4-2-1-3-5-7;1-6-3(5)2-4;;;/h3*3-7,9-10,13H,2,12H2,1H3;3-7,9-10H,2H2,1H3;1-5,7-8,11H,10H2,(H,12,13);1-5,7-8H,(H,10,11);1-6H;2H2,1H3;1H;;/q;;;;;;;;;2*+1/p-2/t9-,10-;;;;;;;;;;/m1........../s1. The van der Waals surface area contributed by atoms with E-state index < -0.39 is 96.6 Å². The molecule has 0 spiro atoms. The number of rotatable bonds is 22. The third-order valence-corrected chi connectivity index (χ3v) is 13.4. The molecular weight excluding hydrogens is 1370 g/mol. The SMILES string of the molecule is CCOC(=O)C(O)C(N)c1ccccc1.CCOC(=O)C(O)C(N)c1ccccc1.CCOC(=O)C1OC1c1ccccc1.CCOC(=O)[C@H](O)[C@H](N)c1ccccc1.COC(=O)CCl.Cl.NC(c1ccccc1)C(O)C(=O)[O-].O=C([O-])C1OC1c1ccccc1.O=Cc1ccccc1.[Na+].[Na+]. The van der Waals surface area contributed by atoms with Gasteiger partial charge in [0.2, 0.25) is 0 Å². The van der Waals surface area contributed by atoms with Gasteiger partial charge in [0.15, 0.2) is 24.4 Å². The number of carboxylic acid groups (broad SMARTS) is 2. The minimum atomic E-state index is -1.66. The van der Waals surface area contributed by atoms with Crippen molar-refractivity contribution in [2.24, 2.45) is 22.9 Å². The van der Waals surface area contributed by atoms with Crippen molar-refractivity contribution in [3.8, 4) is 0 Å². The second-order valence-electron chi connectivity index (χ2n) is 20.2. The van der Waals surface area contributed by atoms with Crippen LogP contribution < -0.4 is 92.3 Å². The summed E-state index contributed by atoms with van der Waals surface area (Å²) in [4.78, 5) is 85.3. The van der Waals surface area contributed by atoms with Crippen LogP contribution in [0.1, 0.15) is 108 Å². The molecule has 0 amide bonds. The molecule has 0 saturated carbocycles. The Balaban J connectivity index is 0. The van der Waals surface area contributed by atoms with E-state index in [4.69, 9.17) is 53.9 Å². The maximum atomic E-state index is 11.2. The minimum Gasteiger partial charge on any atom is -0.547 e. The number of epoxide rings is 2. The Hall–Kier alpha value is -7.32. The number of aliphatic hydroxyl groups excluding tert-OH is 4. The van der Waals surface area contributed by atoms with E-state index in [1.165, 1.54) is 7.11 Å². The Bertz CT molecular complexity index is 3230. The minimum absolute atomic E-state index is 0. The molecular formula is C72H86Cl2N4Na2O21. The number of benzene rings is 7. The number of hydrogen-bond acceptors (Lipinski definition) is 25. The summed E-state index contributed by atoms with van der Waals surface area (Å²) in [5.74, 6) is -5.47. The first-order valence-corrected chi connectivity index (χ1v) is 31.1. The van der Waals surface area contributed by atoms with E-state index in [0.29, 0.717) is 28.9 Å². The largest absolute Gasteiger partial charge is 1.00 e. The molecule has 12 N–H and O–H groups in total. The van der Waals surface area contributed by atoms with Gasteiger partial charge in [-0.25, -0.2) is 19.2 Å². The van der Waals surface area contributed by atoms with E-state index in [2.05, 4.69) is 18.9 Å². The molecule has 2 aliphatic heterocycles. The van der Waals surface area contributed by atoms with E-state index >= 15 is 0 Å². The first-order valence-electron chi connectivity index (χ1n) is 30.5. The van der Waals surface area contributed by atoms with Crippen LogP contribution in [0.2, 0.25) is 0 Å². The number of alkyl halides is 1. The monoisotopic (exact) mass is 1460 g/mol. The smallest absolute Gasteiger partial charge is 0.547 e. The molecule has 536 valence electrons. The molecule has 0 aliphatic carbocycles. The molecule has 29 heteroatoms. The van der Waals surface area contributed by atoms with Crippen molar-refractivity contribution in [1.29, 1.82) is 0 Å². The normalized spacial score (nSPS) is 16.0. The summed E-state index contributed by atoms with van der Waals surface area (Å²) in [5, 5.41) is 58.4. The van der Waals surface area contributed by atoms with Crippen molar-refractivity contribution in [2.45, 2.75) is 101 Å². The summed E-state index contributed by atoms with van der Waals surface area (Å²) < 4.78 is 33.2. The van der Waals surface area contributed by atoms with Gasteiger partial charge in [-0.3, -0.25) is 9.59 Å². The van der Waals surface area contributed by atoms with Crippen molar-refractivity contribution < 1.29 is 161 Å². The molecule has 2 saturated heterocycles. The molecule has 2 fully saturated rings. The molecule has 0 bridgehead atoms. The number of halogens is 2. The van der Waals surface area contributed by atoms with Gasteiger partial charge in [0, 0.05) is 5.56 Å². The van der Waals surface area contributed by atoms with E-state index in [1.54, 1.807) is 143 Å². The Morgan fingerprint density at radius 1 is 0.446 bits per heavy atom. The summed E-state index contributed by atoms with van der Waals surface area (Å²) >= 11 is 4.98. The van der Waals surface area contributed by atoms with Gasteiger partial charge in [0.05, 0.1) is 69.6 Å². The van der Waals surface area contributed by atoms with Gasteiger partial charge >= 0.3 is 89.0 Å². The second-order valence-corrected chi connectivity index (χ2v) is 20.5. The molecule has 10 unspecified atom stereocenters. The number of carbonyl (C=O) groups excluding carboxylic acids is 8. The fourth-order valence-corrected chi connectivity index (χ4v) is 7.99. The van der Waals surface area contributed by atoms with Crippen LogP contribution >= 0.6 is 24.0 Å². The Morgan fingerprint density at radius 3 is 0.921 bits per heavy atom. The first kappa shape index (κ1) is 95.7. The number of hydrogen-bond donors (Lipinski definition) is 8. The van der Waals surface area contributed by atoms with E-state index in [1.807, 2.05) is 97.1 Å². The van der Waals surface area contributed by atoms with Crippen LogP contribution in [0, 0.1) is 0 Å². The van der Waals surface area contributed by atoms with Gasteiger partial charge in [0.1, 0.15) is 36.6 Å². The zero-order valence-corrected chi connectivity index (χ0v) is 62.6. The summed E-state index contributed by atoms with van der Waals surface area (Å²) in [6.07, 6.45) is -6.30. The quantitative estimate of drug-likeness (QED) is 0.00958. The predicted octanol–water partition coefficient (Wildman–Crippen LogP) is -1.48. The van der Waals surface area contributed by atoms with Crippen molar-refractivity contribution in [3.63, 3.8) is 0 Å². The second kappa shape index (κ2) is 55.3. The van der Waals surface area contributed by atoms with Crippen LogP contribution in [-0.2, 0) is 66.7 Å². The predicted molar refractivity (Wildman–Crippen MR) is 364 cm³/mol. The van der Waals surface area contributed by atoms with Gasteiger partial charge in [-0.05, 0) is 61.1 Å². The maximum Gasteiger partial charge on any atom is 1.00 e. The van der Waals surface area contributed by atoms with Crippen molar-refractivity contribution >= 4 is 72.1 Å². The number of ether oxygens (including phenoxy) is 7. The average molecular weight is 1460 g/mol. The first-order chi connectivity index (χ1) is 47.0. The zero-order valence-electron chi connectivity index (χ0n) is 57.1. The maximum absolute atomic E-state index is 11.2. The molecule has 7 aromatic rings. The molecule has 101 heavy (non-hydrogen) atoms. The fraction of sp³-hybridized carbons (Fsp3) is 0.306. The number of esters is 5. The van der Waals surface area contributed by atoms with Crippen LogP contribution in [0.15, 0.2) is 212 Å². The number of aldehydes is 1. The summed E-state index contributed by atoms with van der Waals surface area (Å²) in [6, 6.07) is 60.2. The molecule has 9 rings (SSSR count). The molecule has 7 aromatic carbocycles. The molecule has 25 nitrogen and oxygen atoms in total. The molecule has 2 heterocycles. The summed E-state index contributed by atoms with van der Waals surface area (Å²) in [5.41, 5.74) is 28.0. The topological polar surface area (TPSA) is 439 Å². The molecule has 0 aromatic heterocycles. The van der Waals surface area contributed by atoms with Crippen molar-refractivity contribution in [2.75, 3.05) is 39.4 Å². The molecule has 12 atom stereocenters. The average Bonchev–Trinajstić information content (AvgIpc) is 1.66. The van der Waals surface area contributed by atoms with Crippen molar-refractivity contribution in [3.05, 3.63) is 251 Å². The third kappa shape index (κ3) is 37.4. The Kier molecular flexibility index (Phi) is 52.4. The number of carboxylic acids is 2. The van der Waals surface area contributed by atoms with Gasteiger partial charge in [-0.2, -0.15) is 0 Å². The van der Waals surface area contributed by atoms with Gasteiger partial charge < -0.3 is 96.3 Å². The van der Waals surface area contributed by atoms with Crippen LogP contribution in [0.5, 0.6) is 0 Å². The van der Waals surface area contributed by atoms with Crippen LogP contribution in [-0.4, -0.2) is 145 Å². The van der Waals surface area contributed by atoms with E-state index in [-0.39, 0.29) is 115 Å². The summed E-state index contributed by atoms with van der Waals surface area (Å²) in [7, 11) is 1.30. The van der Waals surface area contributed by atoms with Gasteiger partial charge in [0.25, 0.3) is 0 Å². The summed E-state index contributed by atoms with van der Waals surface area (Å²) in [6.45, 7) is 7.93. The van der Waals surface area contributed by atoms with E-state index in [9.17, 15) is 63.9 Å². The molecule has 0 radical (unpaired) electrons. The Labute approximate surface area is 642 Å². The van der Waals surface area contributed by atoms with Gasteiger partial charge in [-0.1, -0.05) is 212 Å². The number of methoxy groups -OCH3 is 1. The Morgan fingerprint density at radius 2 is 0.703 bits per heavy atom. The van der Waals surface area contributed by atoms with E-state index in [0.717, 1.165) is 23.0 Å². The van der Waals surface area contributed by atoms with Crippen LogP contribution in [0.3, 0.4) is 0 Å². The van der Waals surface area contributed by atoms with Crippen molar-refractivity contribution in [1.82, 2.24) is 0 Å². The van der Waals surface area contributed by atoms with Gasteiger partial charge in [-0.15, -0.1) is 24.0 Å². The number of carbonyl (C=O) groups is 8. The third-order valence-electron chi connectivity index (χ3n) is 13.2. The number of nitrogens with two attached hydrogens (primary N) is 4. The molecule has 2 aliphatic rings. The van der Waals surface area contributed by atoms with Crippen LogP contribution in [0.4, 0.5) is 0 Å². The fourth-order valence-electron chi connectivity index (χ4n) is 7.89. The van der Waals surface area contributed by atoms with Crippen LogP contribution in [0.25, 0.3) is 0 Å². The number of aliphatic carboxylic acids is 2. The number of aliphatic hydroxyl groups is 4.